The van der Waals surface area contributed by atoms with Crippen LogP contribution in [0.3, 0.4) is 0 Å². The molecule has 0 saturated carbocycles. The minimum Gasteiger partial charge on any atom is -0.350 e. The Kier molecular flexibility index (Phi) is 5.28. The summed E-state index contributed by atoms with van der Waals surface area (Å²) in [6, 6.07) is 17.0. The van der Waals surface area contributed by atoms with Crippen LogP contribution in [0.2, 0.25) is 0 Å². The van der Waals surface area contributed by atoms with Crippen molar-refractivity contribution in [2.45, 2.75) is 44.6 Å². The first-order valence-electron chi connectivity index (χ1n) is 10.2. The molecule has 6 heteroatoms. The molecular weight excluding hydrogens is 396 g/mol. The van der Waals surface area contributed by atoms with Gasteiger partial charge in [0.15, 0.2) is 0 Å². The molecule has 0 aliphatic carbocycles. The summed E-state index contributed by atoms with van der Waals surface area (Å²) in [7, 11) is -3.57. The SMILES string of the molecule is Cc1ccc([C@@H](C)NC(=O)CCCN2c3cccc4cccc(c34)S2(=O)=O)cc1C. The molecule has 0 fully saturated rings. The lowest BCUT2D eigenvalue weighted by Gasteiger charge is -2.19. The third kappa shape index (κ3) is 3.56. The molecule has 1 heterocycles. The largest absolute Gasteiger partial charge is 0.350 e. The first-order chi connectivity index (χ1) is 14.3. The van der Waals surface area contributed by atoms with Crippen LogP contribution in [-0.2, 0) is 14.8 Å². The minimum atomic E-state index is -3.57. The van der Waals surface area contributed by atoms with E-state index in [1.54, 1.807) is 12.1 Å². The molecular formula is C24H26N2O3S. The second-order valence-corrected chi connectivity index (χ2v) is 9.78. The van der Waals surface area contributed by atoms with Gasteiger partial charge in [0.25, 0.3) is 10.0 Å². The normalized spacial score (nSPS) is 15.4. The number of hydrogen-bond donors (Lipinski definition) is 1. The number of benzene rings is 3. The molecule has 0 unspecified atom stereocenters. The Morgan fingerprint density at radius 3 is 2.50 bits per heavy atom. The van der Waals surface area contributed by atoms with Gasteiger partial charge in [0.1, 0.15) is 0 Å². The molecule has 0 bridgehead atoms. The maximum Gasteiger partial charge on any atom is 0.265 e. The summed E-state index contributed by atoms with van der Waals surface area (Å²) in [6.07, 6.45) is 0.725. The Hall–Kier alpha value is -2.86. The fraction of sp³-hybridized carbons (Fsp3) is 0.292. The van der Waals surface area contributed by atoms with Gasteiger partial charge >= 0.3 is 0 Å². The van der Waals surface area contributed by atoms with E-state index in [2.05, 4.69) is 31.3 Å². The highest BCUT2D eigenvalue weighted by molar-refractivity contribution is 7.93. The molecule has 5 nitrogen and oxygen atoms in total. The van der Waals surface area contributed by atoms with Gasteiger partial charge in [0.2, 0.25) is 5.91 Å². The lowest BCUT2D eigenvalue weighted by atomic mass is 10.0. The second-order valence-electron chi connectivity index (χ2n) is 7.95. The molecule has 1 aliphatic rings. The molecule has 0 radical (unpaired) electrons. The van der Waals surface area contributed by atoms with Gasteiger partial charge in [-0.05, 0) is 61.4 Å². The van der Waals surface area contributed by atoms with Crippen LogP contribution in [0.5, 0.6) is 0 Å². The van der Waals surface area contributed by atoms with Crippen LogP contribution >= 0.6 is 0 Å². The summed E-state index contributed by atoms with van der Waals surface area (Å²) in [5.74, 6) is -0.0759. The number of hydrogen-bond acceptors (Lipinski definition) is 3. The fourth-order valence-corrected chi connectivity index (χ4v) is 5.76. The zero-order chi connectivity index (χ0) is 21.5. The van der Waals surface area contributed by atoms with Crippen molar-refractivity contribution in [2.24, 2.45) is 0 Å². The summed E-state index contributed by atoms with van der Waals surface area (Å²) in [5, 5.41) is 4.70. The van der Waals surface area contributed by atoms with Crippen LogP contribution in [-0.4, -0.2) is 20.9 Å². The van der Waals surface area contributed by atoms with E-state index in [-0.39, 0.29) is 24.9 Å². The summed E-state index contributed by atoms with van der Waals surface area (Å²) in [6.45, 7) is 6.36. The summed E-state index contributed by atoms with van der Waals surface area (Å²) in [5.41, 5.74) is 4.18. The van der Waals surface area contributed by atoms with E-state index in [1.165, 1.54) is 15.4 Å². The highest BCUT2D eigenvalue weighted by Gasteiger charge is 2.35. The molecule has 4 rings (SSSR count). The number of aryl methyl sites for hydroxylation is 2. The van der Waals surface area contributed by atoms with Crippen LogP contribution in [0.1, 0.15) is 42.5 Å². The van der Waals surface area contributed by atoms with Gasteiger partial charge in [-0.2, -0.15) is 0 Å². The predicted molar refractivity (Wildman–Crippen MR) is 120 cm³/mol. The van der Waals surface area contributed by atoms with E-state index < -0.39 is 10.0 Å². The van der Waals surface area contributed by atoms with Crippen LogP contribution in [0.4, 0.5) is 5.69 Å². The van der Waals surface area contributed by atoms with Gasteiger partial charge in [0, 0.05) is 18.4 Å². The lowest BCUT2D eigenvalue weighted by Crippen LogP contribution is -2.30. The van der Waals surface area contributed by atoms with Crippen molar-refractivity contribution in [1.82, 2.24) is 5.32 Å². The van der Waals surface area contributed by atoms with E-state index in [4.69, 9.17) is 0 Å². The molecule has 0 aromatic heterocycles. The van der Waals surface area contributed by atoms with E-state index in [0.29, 0.717) is 17.0 Å². The Bertz CT molecular complexity index is 1230. The van der Waals surface area contributed by atoms with Gasteiger partial charge in [-0.1, -0.05) is 42.5 Å². The summed E-state index contributed by atoms with van der Waals surface area (Å²) < 4.78 is 27.4. The number of nitrogens with one attached hydrogen (secondary N) is 1. The predicted octanol–water partition coefficient (Wildman–Crippen LogP) is 4.62. The Balaban J connectivity index is 1.40. The van der Waals surface area contributed by atoms with Crippen LogP contribution < -0.4 is 9.62 Å². The maximum atomic E-state index is 13.0. The molecule has 3 aromatic rings. The van der Waals surface area contributed by atoms with E-state index in [1.807, 2.05) is 37.3 Å². The molecule has 1 aliphatic heterocycles. The number of nitrogens with zero attached hydrogens (tertiary/aromatic N) is 1. The first-order valence-corrected chi connectivity index (χ1v) is 11.6. The maximum absolute atomic E-state index is 13.0. The molecule has 3 aromatic carbocycles. The Labute approximate surface area is 177 Å². The highest BCUT2D eigenvalue weighted by Crippen LogP contribution is 2.41. The zero-order valence-electron chi connectivity index (χ0n) is 17.5. The van der Waals surface area contributed by atoms with Gasteiger partial charge < -0.3 is 5.32 Å². The van der Waals surface area contributed by atoms with Crippen molar-refractivity contribution in [1.29, 1.82) is 0 Å². The average Bonchev–Trinajstić information content (AvgIpc) is 2.93. The van der Waals surface area contributed by atoms with Crippen LogP contribution in [0.15, 0.2) is 59.5 Å². The topological polar surface area (TPSA) is 66.5 Å². The van der Waals surface area contributed by atoms with Gasteiger partial charge in [-0.15, -0.1) is 0 Å². The summed E-state index contributed by atoms with van der Waals surface area (Å²) >= 11 is 0. The van der Waals surface area contributed by atoms with Crippen LogP contribution in [0.25, 0.3) is 10.8 Å². The Morgan fingerprint density at radius 2 is 1.77 bits per heavy atom. The molecule has 1 N–H and O–H groups in total. The molecule has 0 spiro atoms. The van der Waals surface area contributed by atoms with E-state index in [0.717, 1.165) is 16.3 Å². The summed E-state index contributed by atoms with van der Waals surface area (Å²) in [4.78, 5) is 12.8. The van der Waals surface area contributed by atoms with Gasteiger partial charge in [-0.25, -0.2) is 8.42 Å². The molecule has 156 valence electrons. The van der Waals surface area contributed by atoms with E-state index >= 15 is 0 Å². The number of carbonyl (C=O) groups is 1. The fourth-order valence-electron chi connectivity index (χ4n) is 4.01. The van der Waals surface area contributed by atoms with Crippen molar-refractivity contribution in [3.05, 3.63) is 71.3 Å². The lowest BCUT2D eigenvalue weighted by molar-refractivity contribution is -0.121. The van der Waals surface area contributed by atoms with Crippen molar-refractivity contribution in [3.63, 3.8) is 0 Å². The molecule has 30 heavy (non-hydrogen) atoms. The third-order valence-corrected chi connectivity index (χ3v) is 7.71. The highest BCUT2D eigenvalue weighted by atomic mass is 32.2. The van der Waals surface area contributed by atoms with E-state index in [9.17, 15) is 13.2 Å². The molecule has 1 amide bonds. The monoisotopic (exact) mass is 422 g/mol. The number of rotatable bonds is 6. The van der Waals surface area contributed by atoms with Crippen molar-refractivity contribution >= 4 is 32.4 Å². The average molecular weight is 423 g/mol. The zero-order valence-corrected chi connectivity index (χ0v) is 18.3. The number of sulfonamides is 1. The third-order valence-electron chi connectivity index (χ3n) is 5.85. The standard InChI is InChI=1S/C24H26N2O3S/c1-16-12-13-20(15-17(16)2)18(3)25-23(27)11-6-14-26-21-9-4-7-19-8-5-10-22(24(19)21)30(26,28)29/h4-5,7-10,12-13,15,18H,6,11,14H2,1-3H3,(H,25,27)/t18-/m1/s1. The Morgan fingerprint density at radius 1 is 1.03 bits per heavy atom. The first kappa shape index (κ1) is 20.4. The molecule has 0 saturated heterocycles. The number of anilines is 1. The quantitative estimate of drug-likeness (QED) is 0.630. The minimum absolute atomic E-state index is 0.0759. The van der Waals surface area contributed by atoms with Crippen molar-refractivity contribution < 1.29 is 13.2 Å². The smallest absolute Gasteiger partial charge is 0.265 e. The van der Waals surface area contributed by atoms with Gasteiger partial charge in [-0.3, -0.25) is 9.10 Å². The van der Waals surface area contributed by atoms with Crippen molar-refractivity contribution in [2.75, 3.05) is 10.8 Å². The van der Waals surface area contributed by atoms with Crippen molar-refractivity contribution in [3.8, 4) is 0 Å². The van der Waals surface area contributed by atoms with Gasteiger partial charge in [0.05, 0.1) is 16.6 Å². The second kappa shape index (κ2) is 7.76. The number of amides is 1. The molecule has 1 atom stereocenters. The van der Waals surface area contributed by atoms with Crippen LogP contribution in [0, 0.1) is 13.8 Å². The number of carbonyl (C=O) groups excluding carboxylic acids is 1.